The normalized spacial score (nSPS) is 10.8. The largest absolute Gasteiger partial charge is 0.461 e. The lowest BCUT2D eigenvalue weighted by Crippen LogP contribution is -2.17. The number of amides is 1. The summed E-state index contributed by atoms with van der Waals surface area (Å²) in [6, 6.07) is 24.7. The van der Waals surface area contributed by atoms with Crippen molar-refractivity contribution >= 4 is 23.3 Å². The molecule has 0 aliphatic heterocycles. The highest BCUT2D eigenvalue weighted by Gasteiger charge is 2.11. The van der Waals surface area contributed by atoms with Gasteiger partial charge in [-0.2, -0.15) is 0 Å². The highest BCUT2D eigenvalue weighted by molar-refractivity contribution is 5.94. The van der Waals surface area contributed by atoms with Crippen molar-refractivity contribution in [2.24, 2.45) is 0 Å². The van der Waals surface area contributed by atoms with E-state index in [0.717, 1.165) is 62.1 Å². The van der Waals surface area contributed by atoms with Gasteiger partial charge < -0.3 is 19.7 Å². The first-order chi connectivity index (χ1) is 19.5. The maximum atomic E-state index is 12.6. The van der Waals surface area contributed by atoms with Crippen molar-refractivity contribution in [3.05, 3.63) is 83.9 Å². The van der Waals surface area contributed by atoms with Gasteiger partial charge in [-0.15, -0.1) is 0 Å². The summed E-state index contributed by atoms with van der Waals surface area (Å²) in [5, 5.41) is 3.05. The van der Waals surface area contributed by atoms with Crippen LogP contribution in [-0.4, -0.2) is 32.6 Å². The van der Waals surface area contributed by atoms with Crippen LogP contribution < -0.4 is 10.2 Å². The van der Waals surface area contributed by atoms with E-state index in [-0.39, 0.29) is 18.5 Å². The van der Waals surface area contributed by atoms with E-state index in [2.05, 4.69) is 53.8 Å². The van der Waals surface area contributed by atoms with Crippen LogP contribution in [0.15, 0.2) is 72.8 Å². The Labute approximate surface area is 239 Å². The monoisotopic (exact) mass is 544 g/mol. The molecular weight excluding hydrogens is 500 g/mol. The first kappa shape index (κ1) is 30.9. The number of rotatable bonds is 17. The smallest absolute Gasteiger partial charge is 0.306 e. The van der Waals surface area contributed by atoms with Crippen molar-refractivity contribution in [3.8, 4) is 11.1 Å². The van der Waals surface area contributed by atoms with Gasteiger partial charge in [-0.05, 0) is 53.6 Å². The van der Waals surface area contributed by atoms with E-state index in [4.69, 9.17) is 9.47 Å². The minimum atomic E-state index is -0.204. The van der Waals surface area contributed by atoms with Crippen LogP contribution in [0.4, 0.5) is 11.4 Å². The van der Waals surface area contributed by atoms with E-state index in [1.54, 1.807) is 0 Å². The summed E-state index contributed by atoms with van der Waals surface area (Å²) in [5.74, 6) is -0.199. The average Bonchev–Trinajstić information content (AvgIpc) is 2.96. The van der Waals surface area contributed by atoms with Crippen LogP contribution in [0.1, 0.15) is 69.4 Å². The number of ether oxygens (including phenoxy) is 2. The molecule has 0 aliphatic carbocycles. The quantitative estimate of drug-likeness (QED) is 0.139. The van der Waals surface area contributed by atoms with Crippen LogP contribution in [0.3, 0.4) is 0 Å². The standard InChI is InChI=1S/C34H44N2O4/c1-4-13-34(38)40-26-28-19-22-32(36(2)3)31(24-28)35-33(37)16-11-6-5-7-12-23-39-25-27-17-20-30(21-18-27)29-14-9-8-10-15-29/h8-10,14-15,17-22,24H,4-7,11-13,16,23,25-26H2,1-3H3,(H,35,37). The minimum Gasteiger partial charge on any atom is -0.461 e. The highest BCUT2D eigenvalue weighted by Crippen LogP contribution is 2.27. The Balaban J connectivity index is 1.29. The molecule has 6 nitrogen and oxygen atoms in total. The molecule has 0 fully saturated rings. The second-order valence-corrected chi connectivity index (χ2v) is 10.3. The molecule has 0 atom stereocenters. The number of carbonyl (C=O) groups excluding carboxylic acids is 2. The molecule has 0 heterocycles. The Morgan fingerprint density at radius 2 is 1.43 bits per heavy atom. The molecule has 1 amide bonds. The Kier molecular flexibility index (Phi) is 13.2. The van der Waals surface area contributed by atoms with E-state index in [9.17, 15) is 9.59 Å². The van der Waals surface area contributed by atoms with Crippen LogP contribution in [0.2, 0.25) is 0 Å². The topological polar surface area (TPSA) is 67.9 Å². The molecule has 1 N–H and O–H groups in total. The Morgan fingerprint density at radius 3 is 2.15 bits per heavy atom. The van der Waals surface area contributed by atoms with Crippen LogP contribution in [0, 0.1) is 0 Å². The molecular formula is C34H44N2O4. The molecule has 3 aromatic carbocycles. The number of anilines is 2. The van der Waals surface area contributed by atoms with Crippen molar-refractivity contribution in [1.29, 1.82) is 0 Å². The second-order valence-electron chi connectivity index (χ2n) is 10.3. The molecule has 6 heteroatoms. The number of benzene rings is 3. The summed E-state index contributed by atoms with van der Waals surface area (Å²) in [6.45, 7) is 3.54. The summed E-state index contributed by atoms with van der Waals surface area (Å²) in [7, 11) is 3.88. The lowest BCUT2D eigenvalue weighted by atomic mass is 10.0. The van der Waals surface area contributed by atoms with Crippen molar-refractivity contribution in [2.45, 2.75) is 71.5 Å². The van der Waals surface area contributed by atoms with Crippen LogP contribution in [0.5, 0.6) is 0 Å². The van der Waals surface area contributed by atoms with Gasteiger partial charge in [-0.1, -0.05) is 86.8 Å². The van der Waals surface area contributed by atoms with Crippen LogP contribution in [-0.2, 0) is 32.3 Å². The molecule has 0 aromatic heterocycles. The summed E-state index contributed by atoms with van der Waals surface area (Å²) in [6.07, 6.45) is 6.74. The van der Waals surface area contributed by atoms with Crippen LogP contribution >= 0.6 is 0 Å². The number of hydrogen-bond donors (Lipinski definition) is 1. The fourth-order valence-electron chi connectivity index (χ4n) is 4.45. The lowest BCUT2D eigenvalue weighted by Gasteiger charge is -2.19. The van der Waals surface area contributed by atoms with Crippen LogP contribution in [0.25, 0.3) is 11.1 Å². The van der Waals surface area contributed by atoms with E-state index >= 15 is 0 Å². The summed E-state index contributed by atoms with van der Waals surface area (Å²) in [4.78, 5) is 26.3. The third-order valence-electron chi connectivity index (χ3n) is 6.69. The van der Waals surface area contributed by atoms with E-state index in [1.165, 1.54) is 16.7 Å². The number of nitrogens with zero attached hydrogens (tertiary/aromatic N) is 1. The predicted octanol–water partition coefficient (Wildman–Crippen LogP) is 7.76. The third kappa shape index (κ3) is 10.9. The van der Waals surface area contributed by atoms with Gasteiger partial charge in [-0.3, -0.25) is 9.59 Å². The zero-order valence-corrected chi connectivity index (χ0v) is 24.3. The fraction of sp³-hybridized carbons (Fsp3) is 0.412. The average molecular weight is 545 g/mol. The van der Waals surface area contributed by atoms with E-state index < -0.39 is 0 Å². The molecule has 3 rings (SSSR count). The zero-order valence-electron chi connectivity index (χ0n) is 24.3. The summed E-state index contributed by atoms with van der Waals surface area (Å²) >= 11 is 0. The van der Waals surface area contributed by atoms with Crippen molar-refractivity contribution in [2.75, 3.05) is 30.9 Å². The van der Waals surface area contributed by atoms with Gasteiger partial charge in [0, 0.05) is 33.5 Å². The summed E-state index contributed by atoms with van der Waals surface area (Å²) < 4.78 is 11.2. The van der Waals surface area contributed by atoms with Gasteiger partial charge in [0.15, 0.2) is 0 Å². The van der Waals surface area contributed by atoms with Gasteiger partial charge in [-0.25, -0.2) is 0 Å². The SMILES string of the molecule is CCCC(=O)OCc1ccc(N(C)C)c(NC(=O)CCCCCCCOCc2ccc(-c3ccccc3)cc2)c1. The molecule has 0 unspecified atom stereocenters. The van der Waals surface area contributed by atoms with Gasteiger partial charge in [0.05, 0.1) is 18.0 Å². The third-order valence-corrected chi connectivity index (χ3v) is 6.69. The van der Waals surface area contributed by atoms with Gasteiger partial charge >= 0.3 is 5.97 Å². The number of hydrogen-bond acceptors (Lipinski definition) is 5. The molecule has 0 radical (unpaired) electrons. The molecule has 3 aromatic rings. The van der Waals surface area contributed by atoms with E-state index in [1.807, 2.05) is 50.2 Å². The second kappa shape index (κ2) is 17.1. The predicted molar refractivity (Wildman–Crippen MR) is 163 cm³/mol. The Morgan fingerprint density at radius 1 is 0.750 bits per heavy atom. The van der Waals surface area contributed by atoms with Gasteiger partial charge in [0.25, 0.3) is 0 Å². The van der Waals surface area contributed by atoms with Gasteiger partial charge in [0.1, 0.15) is 6.61 Å². The molecule has 0 saturated heterocycles. The molecule has 0 spiro atoms. The number of unbranched alkanes of at least 4 members (excludes halogenated alkanes) is 4. The molecule has 0 aliphatic rings. The minimum absolute atomic E-state index is 0.00449. The first-order valence-electron chi connectivity index (χ1n) is 14.4. The molecule has 40 heavy (non-hydrogen) atoms. The Bertz CT molecular complexity index is 1180. The van der Waals surface area contributed by atoms with Crippen molar-refractivity contribution < 1.29 is 19.1 Å². The lowest BCUT2D eigenvalue weighted by molar-refractivity contribution is -0.145. The number of nitrogens with one attached hydrogen (secondary N) is 1. The van der Waals surface area contributed by atoms with Crippen molar-refractivity contribution in [1.82, 2.24) is 0 Å². The Hall–Kier alpha value is -3.64. The van der Waals surface area contributed by atoms with Gasteiger partial charge in [0.2, 0.25) is 5.91 Å². The maximum Gasteiger partial charge on any atom is 0.306 e. The molecule has 0 bridgehead atoms. The first-order valence-corrected chi connectivity index (χ1v) is 14.4. The maximum absolute atomic E-state index is 12.6. The highest BCUT2D eigenvalue weighted by atomic mass is 16.5. The summed E-state index contributed by atoms with van der Waals surface area (Å²) in [5.41, 5.74) is 6.15. The van der Waals surface area contributed by atoms with Crippen molar-refractivity contribution in [3.63, 3.8) is 0 Å². The molecule has 214 valence electrons. The zero-order chi connectivity index (χ0) is 28.6. The number of esters is 1. The van der Waals surface area contributed by atoms with E-state index in [0.29, 0.717) is 19.4 Å². The fourth-order valence-corrected chi connectivity index (χ4v) is 4.45. The molecule has 0 saturated carbocycles. The number of carbonyl (C=O) groups is 2.